The first kappa shape index (κ1) is 25.7. The molecule has 0 aromatic heterocycles. The van der Waals surface area contributed by atoms with E-state index in [1.165, 1.54) is 0 Å². The highest BCUT2D eigenvalue weighted by molar-refractivity contribution is 5.88. The number of rotatable bonds is 11. The third-order valence-electron chi connectivity index (χ3n) is 5.83. The van der Waals surface area contributed by atoms with Crippen LogP contribution in [0.15, 0.2) is 78.9 Å². The summed E-state index contributed by atoms with van der Waals surface area (Å²) in [5, 5.41) is 10.8. The second kappa shape index (κ2) is 12.1. The summed E-state index contributed by atoms with van der Waals surface area (Å²) in [7, 11) is 6.33. The summed E-state index contributed by atoms with van der Waals surface area (Å²) in [6.45, 7) is 0.326. The number of ether oxygens (including phenoxy) is 6. The second-order valence-corrected chi connectivity index (χ2v) is 8.10. The normalized spacial score (nSPS) is 10.6. The highest BCUT2D eigenvalue weighted by Gasteiger charge is 2.24. The fourth-order valence-corrected chi connectivity index (χ4v) is 4.02. The van der Waals surface area contributed by atoms with Gasteiger partial charge in [0.05, 0.1) is 26.9 Å². The minimum atomic E-state index is -0.0111. The van der Waals surface area contributed by atoms with Crippen LogP contribution in [0.25, 0.3) is 22.3 Å². The van der Waals surface area contributed by atoms with Crippen LogP contribution in [0.5, 0.6) is 34.5 Å². The van der Waals surface area contributed by atoms with Gasteiger partial charge < -0.3 is 33.5 Å². The molecule has 0 aliphatic rings. The lowest BCUT2D eigenvalue weighted by Crippen LogP contribution is -2.05. The molecule has 4 aromatic carbocycles. The van der Waals surface area contributed by atoms with Crippen molar-refractivity contribution in [3.8, 4) is 56.8 Å². The van der Waals surface area contributed by atoms with Crippen LogP contribution >= 0.6 is 0 Å². The van der Waals surface area contributed by atoms with E-state index in [4.69, 9.17) is 28.4 Å². The summed E-state index contributed by atoms with van der Waals surface area (Å²) in [5.41, 5.74) is 3.92. The molecule has 0 unspecified atom stereocenters. The summed E-state index contributed by atoms with van der Waals surface area (Å²) < 4.78 is 34.0. The Morgan fingerprint density at radius 3 is 2.00 bits per heavy atom. The van der Waals surface area contributed by atoms with Crippen molar-refractivity contribution in [1.29, 1.82) is 0 Å². The maximum atomic E-state index is 10.8. The van der Waals surface area contributed by atoms with Crippen molar-refractivity contribution in [2.24, 2.45) is 0 Å². The van der Waals surface area contributed by atoms with Crippen molar-refractivity contribution in [3.05, 3.63) is 84.4 Å². The number of benzene rings is 4. The van der Waals surface area contributed by atoms with Crippen LogP contribution < -0.4 is 23.7 Å². The van der Waals surface area contributed by atoms with E-state index in [0.29, 0.717) is 40.7 Å². The van der Waals surface area contributed by atoms with Crippen LogP contribution in [0.3, 0.4) is 0 Å². The SMILES string of the molecule is COCOc1c(OC)c(-c2ccc(OC)cc2)cc(OC)c1-c1ccc(OCc2ccccc2)c(O)c1. The zero-order valence-corrected chi connectivity index (χ0v) is 21.3. The summed E-state index contributed by atoms with van der Waals surface area (Å²) >= 11 is 0. The topological polar surface area (TPSA) is 75.6 Å². The molecular weight excluding hydrogens is 472 g/mol. The van der Waals surface area contributed by atoms with Crippen LogP contribution in [0.2, 0.25) is 0 Å². The fraction of sp³-hybridized carbons (Fsp3) is 0.200. The van der Waals surface area contributed by atoms with Gasteiger partial charge in [-0.3, -0.25) is 0 Å². The van der Waals surface area contributed by atoms with E-state index in [1.807, 2.05) is 66.7 Å². The van der Waals surface area contributed by atoms with E-state index in [9.17, 15) is 5.11 Å². The summed E-state index contributed by atoms with van der Waals surface area (Å²) in [6, 6.07) is 24.4. The molecule has 0 aliphatic heterocycles. The third-order valence-corrected chi connectivity index (χ3v) is 5.83. The molecule has 7 nitrogen and oxygen atoms in total. The molecule has 0 amide bonds. The Bertz CT molecular complexity index is 1320. The van der Waals surface area contributed by atoms with Gasteiger partial charge in [0.25, 0.3) is 0 Å². The molecule has 7 heteroatoms. The monoisotopic (exact) mass is 502 g/mol. The van der Waals surface area contributed by atoms with Gasteiger partial charge in [-0.05, 0) is 47.0 Å². The lowest BCUT2D eigenvalue weighted by Gasteiger charge is -2.21. The third kappa shape index (κ3) is 5.73. The molecule has 0 saturated heterocycles. The van der Waals surface area contributed by atoms with E-state index in [1.54, 1.807) is 40.6 Å². The van der Waals surface area contributed by atoms with E-state index in [0.717, 1.165) is 22.4 Å². The van der Waals surface area contributed by atoms with Crippen LogP contribution in [0, 0.1) is 0 Å². The number of hydrogen-bond acceptors (Lipinski definition) is 7. The molecule has 0 heterocycles. The largest absolute Gasteiger partial charge is 0.504 e. The highest BCUT2D eigenvalue weighted by Crippen LogP contribution is 2.51. The lowest BCUT2D eigenvalue weighted by molar-refractivity contribution is 0.0495. The van der Waals surface area contributed by atoms with E-state index >= 15 is 0 Å². The average molecular weight is 503 g/mol. The summed E-state index contributed by atoms with van der Waals surface area (Å²) in [4.78, 5) is 0. The molecule has 4 rings (SSSR count). The predicted molar refractivity (Wildman–Crippen MR) is 142 cm³/mol. The van der Waals surface area contributed by atoms with E-state index < -0.39 is 0 Å². The average Bonchev–Trinajstić information content (AvgIpc) is 2.95. The van der Waals surface area contributed by atoms with Gasteiger partial charge in [-0.2, -0.15) is 0 Å². The molecule has 192 valence electrons. The maximum Gasteiger partial charge on any atom is 0.188 e. The quantitative estimate of drug-likeness (QED) is 0.241. The second-order valence-electron chi connectivity index (χ2n) is 8.10. The molecular formula is C30H30O7. The maximum absolute atomic E-state index is 10.8. The van der Waals surface area contributed by atoms with Crippen LogP contribution in [-0.4, -0.2) is 40.3 Å². The Hall–Kier alpha value is -4.36. The van der Waals surface area contributed by atoms with Gasteiger partial charge in [-0.1, -0.05) is 48.5 Å². The molecule has 37 heavy (non-hydrogen) atoms. The summed E-state index contributed by atoms with van der Waals surface area (Å²) in [6.07, 6.45) is 0. The van der Waals surface area contributed by atoms with E-state index in [2.05, 4.69) is 0 Å². The number of hydrogen-bond donors (Lipinski definition) is 1. The molecule has 0 atom stereocenters. The molecule has 0 saturated carbocycles. The molecule has 0 fully saturated rings. The van der Waals surface area contributed by atoms with Crippen molar-refractivity contribution < 1.29 is 33.5 Å². The molecule has 4 aromatic rings. The minimum absolute atomic E-state index is 0.00799. The Labute approximate surface area is 216 Å². The first-order valence-electron chi connectivity index (χ1n) is 11.6. The zero-order chi connectivity index (χ0) is 26.2. The van der Waals surface area contributed by atoms with Crippen molar-refractivity contribution >= 4 is 0 Å². The number of aromatic hydroxyl groups is 1. The van der Waals surface area contributed by atoms with Gasteiger partial charge in [0, 0.05) is 12.7 Å². The van der Waals surface area contributed by atoms with Gasteiger partial charge >= 0.3 is 0 Å². The molecule has 0 aliphatic carbocycles. The van der Waals surface area contributed by atoms with Crippen LogP contribution in [0.4, 0.5) is 0 Å². The molecule has 0 radical (unpaired) electrons. The molecule has 0 spiro atoms. The zero-order valence-electron chi connectivity index (χ0n) is 21.3. The standard InChI is InChI=1S/C30H30O7/c1-32-19-37-30-28(22-12-15-26(25(31)16-22)36-18-20-8-6-5-7-9-20)27(34-3)17-24(29(30)35-4)21-10-13-23(33-2)14-11-21/h5-17,31H,18-19H2,1-4H3. The number of phenolic OH excluding ortho intramolecular Hbond substituents is 1. The smallest absolute Gasteiger partial charge is 0.188 e. The number of phenols is 1. The Balaban J connectivity index is 1.78. The van der Waals surface area contributed by atoms with Gasteiger partial charge in [-0.25, -0.2) is 0 Å². The first-order valence-corrected chi connectivity index (χ1v) is 11.6. The highest BCUT2D eigenvalue weighted by atomic mass is 16.7. The van der Waals surface area contributed by atoms with Crippen molar-refractivity contribution in [1.82, 2.24) is 0 Å². The van der Waals surface area contributed by atoms with Crippen LogP contribution in [-0.2, 0) is 11.3 Å². The fourth-order valence-electron chi connectivity index (χ4n) is 4.02. The number of methoxy groups -OCH3 is 4. The molecule has 0 bridgehead atoms. The van der Waals surface area contributed by atoms with Crippen LogP contribution in [0.1, 0.15) is 5.56 Å². The molecule has 1 N–H and O–H groups in total. The minimum Gasteiger partial charge on any atom is -0.504 e. The van der Waals surface area contributed by atoms with Gasteiger partial charge in [0.1, 0.15) is 18.1 Å². The lowest BCUT2D eigenvalue weighted by atomic mass is 9.96. The predicted octanol–water partition coefficient (Wildman–Crippen LogP) is 6.31. The Morgan fingerprint density at radius 1 is 0.649 bits per heavy atom. The Kier molecular flexibility index (Phi) is 8.38. The van der Waals surface area contributed by atoms with Gasteiger partial charge in [0.15, 0.2) is 29.8 Å². The van der Waals surface area contributed by atoms with E-state index in [-0.39, 0.29) is 12.5 Å². The van der Waals surface area contributed by atoms with Gasteiger partial charge in [0.2, 0.25) is 0 Å². The van der Waals surface area contributed by atoms with Crippen molar-refractivity contribution in [2.45, 2.75) is 6.61 Å². The van der Waals surface area contributed by atoms with Crippen molar-refractivity contribution in [3.63, 3.8) is 0 Å². The first-order chi connectivity index (χ1) is 18.1. The van der Waals surface area contributed by atoms with Gasteiger partial charge in [-0.15, -0.1) is 0 Å². The van der Waals surface area contributed by atoms with Crippen molar-refractivity contribution in [2.75, 3.05) is 35.2 Å². The Morgan fingerprint density at radius 2 is 1.38 bits per heavy atom. The summed E-state index contributed by atoms with van der Waals surface area (Å²) in [5.74, 6) is 2.56.